The van der Waals surface area contributed by atoms with Crippen molar-refractivity contribution in [2.24, 2.45) is 0 Å². The third kappa shape index (κ3) is 5.14. The molecule has 0 spiro atoms. The van der Waals surface area contributed by atoms with Crippen LogP contribution < -0.4 is 10.5 Å². The zero-order valence-corrected chi connectivity index (χ0v) is 16.6. The number of ether oxygens (including phenoxy) is 2. The topological polar surface area (TPSA) is 85.3 Å². The highest BCUT2D eigenvalue weighted by Gasteiger charge is 2.19. The summed E-state index contributed by atoms with van der Waals surface area (Å²) in [5.74, 6) is 0.793. The Kier molecular flexibility index (Phi) is 5.56. The number of esters is 1. The number of carbonyl (C=O) groups excluding carboxylic acids is 1. The number of hydrogen-bond donors (Lipinski definition) is 1. The standard InChI is InChI=1S/C24H22N2O3/c1-24(2,3)29-23(27)18-6-4-5-17(13-18)21-14-19(26)9-12-22(21)28-20-10-7-16(15-25)8-11-20/h4-14H,26H2,1-3H3. The molecule has 0 heterocycles. The Hall–Kier alpha value is -3.78. The largest absolute Gasteiger partial charge is 0.457 e. The number of hydrogen-bond acceptors (Lipinski definition) is 5. The van der Waals surface area contributed by atoms with Crippen molar-refractivity contribution < 1.29 is 14.3 Å². The molecule has 146 valence electrons. The normalized spacial score (nSPS) is 10.8. The minimum Gasteiger partial charge on any atom is -0.457 e. The average molecular weight is 386 g/mol. The van der Waals surface area contributed by atoms with Crippen molar-refractivity contribution in [1.82, 2.24) is 0 Å². The maximum atomic E-state index is 12.4. The van der Waals surface area contributed by atoms with Gasteiger partial charge in [0.2, 0.25) is 0 Å². The van der Waals surface area contributed by atoms with E-state index in [4.69, 9.17) is 20.5 Å². The molecule has 0 aromatic heterocycles. The molecule has 0 unspecified atom stereocenters. The Morgan fingerprint density at radius 1 is 1.00 bits per heavy atom. The lowest BCUT2D eigenvalue weighted by molar-refractivity contribution is 0.00695. The predicted octanol–water partition coefficient (Wildman–Crippen LogP) is 5.56. The van der Waals surface area contributed by atoms with Gasteiger partial charge in [-0.05, 0) is 80.9 Å². The van der Waals surface area contributed by atoms with Crippen molar-refractivity contribution >= 4 is 11.7 Å². The number of benzene rings is 3. The van der Waals surface area contributed by atoms with E-state index in [0.29, 0.717) is 28.3 Å². The first-order chi connectivity index (χ1) is 13.7. The van der Waals surface area contributed by atoms with Crippen molar-refractivity contribution in [1.29, 1.82) is 5.26 Å². The Labute approximate surface area is 170 Å². The maximum Gasteiger partial charge on any atom is 0.338 e. The Bertz CT molecular complexity index is 1070. The summed E-state index contributed by atoms with van der Waals surface area (Å²) in [4.78, 5) is 12.4. The Balaban J connectivity index is 1.96. The Morgan fingerprint density at radius 3 is 2.38 bits per heavy atom. The number of rotatable bonds is 4. The summed E-state index contributed by atoms with van der Waals surface area (Å²) in [6.45, 7) is 5.49. The zero-order valence-electron chi connectivity index (χ0n) is 16.6. The fourth-order valence-electron chi connectivity index (χ4n) is 2.74. The lowest BCUT2D eigenvalue weighted by Crippen LogP contribution is -2.23. The van der Waals surface area contributed by atoms with Crippen LogP contribution in [0.5, 0.6) is 11.5 Å². The molecule has 0 bridgehead atoms. The number of nitrogens with two attached hydrogens (primary N) is 1. The average Bonchev–Trinajstić information content (AvgIpc) is 2.69. The van der Waals surface area contributed by atoms with Crippen molar-refractivity contribution in [2.45, 2.75) is 26.4 Å². The van der Waals surface area contributed by atoms with Crippen LogP contribution in [-0.4, -0.2) is 11.6 Å². The van der Waals surface area contributed by atoms with Crippen molar-refractivity contribution in [3.8, 4) is 28.7 Å². The van der Waals surface area contributed by atoms with E-state index in [2.05, 4.69) is 6.07 Å². The van der Waals surface area contributed by atoms with Crippen LogP contribution in [0.4, 0.5) is 5.69 Å². The number of nitrogens with zero attached hydrogens (tertiary/aromatic N) is 1. The van der Waals surface area contributed by atoms with Crippen LogP contribution in [0.3, 0.4) is 0 Å². The summed E-state index contributed by atoms with van der Waals surface area (Å²) >= 11 is 0. The Morgan fingerprint density at radius 2 is 1.72 bits per heavy atom. The van der Waals surface area contributed by atoms with Crippen LogP contribution in [0.15, 0.2) is 66.7 Å². The van der Waals surface area contributed by atoms with E-state index in [9.17, 15) is 4.79 Å². The summed E-state index contributed by atoms with van der Waals surface area (Å²) in [7, 11) is 0. The quantitative estimate of drug-likeness (QED) is 0.469. The molecule has 0 saturated heterocycles. The molecule has 0 aliphatic heterocycles. The monoisotopic (exact) mass is 386 g/mol. The highest BCUT2D eigenvalue weighted by molar-refractivity contribution is 5.91. The van der Waals surface area contributed by atoms with E-state index in [-0.39, 0.29) is 0 Å². The van der Waals surface area contributed by atoms with E-state index in [1.165, 1.54) is 0 Å². The second-order valence-electron chi connectivity index (χ2n) is 7.58. The van der Waals surface area contributed by atoms with Crippen LogP contribution in [0.25, 0.3) is 11.1 Å². The smallest absolute Gasteiger partial charge is 0.338 e. The third-order valence-electron chi connectivity index (χ3n) is 4.02. The molecule has 0 atom stereocenters. The minimum atomic E-state index is -0.575. The van der Waals surface area contributed by atoms with Gasteiger partial charge in [-0.3, -0.25) is 0 Å². The SMILES string of the molecule is CC(C)(C)OC(=O)c1cccc(-c2cc(N)ccc2Oc2ccc(C#N)cc2)c1. The number of carbonyl (C=O) groups is 1. The van der Waals surface area contributed by atoms with Gasteiger partial charge in [0.05, 0.1) is 17.2 Å². The number of anilines is 1. The lowest BCUT2D eigenvalue weighted by Gasteiger charge is -2.20. The summed E-state index contributed by atoms with van der Waals surface area (Å²) in [6, 6.07) is 21.4. The molecule has 0 radical (unpaired) electrons. The highest BCUT2D eigenvalue weighted by Crippen LogP contribution is 2.35. The van der Waals surface area contributed by atoms with E-state index < -0.39 is 11.6 Å². The van der Waals surface area contributed by atoms with Gasteiger partial charge in [0.15, 0.2) is 0 Å². The van der Waals surface area contributed by atoms with Gasteiger partial charge in [-0.1, -0.05) is 12.1 Å². The van der Waals surface area contributed by atoms with Crippen molar-refractivity contribution in [2.75, 3.05) is 5.73 Å². The van der Waals surface area contributed by atoms with Gasteiger partial charge < -0.3 is 15.2 Å². The van der Waals surface area contributed by atoms with Gasteiger partial charge in [-0.15, -0.1) is 0 Å². The molecule has 0 amide bonds. The third-order valence-corrected chi connectivity index (χ3v) is 4.02. The number of nitrogen functional groups attached to an aromatic ring is 1. The second kappa shape index (κ2) is 8.07. The molecule has 29 heavy (non-hydrogen) atoms. The van der Waals surface area contributed by atoms with Crippen molar-refractivity contribution in [3.05, 3.63) is 77.9 Å². The molecule has 0 aliphatic carbocycles. The molecule has 3 aromatic carbocycles. The molecule has 0 aliphatic rings. The highest BCUT2D eigenvalue weighted by atomic mass is 16.6. The minimum absolute atomic E-state index is 0.391. The summed E-state index contributed by atoms with van der Waals surface area (Å²) in [5.41, 5.74) is 8.53. The van der Waals surface area contributed by atoms with Gasteiger partial charge >= 0.3 is 5.97 Å². The summed E-state index contributed by atoms with van der Waals surface area (Å²) < 4.78 is 11.5. The first-order valence-electron chi connectivity index (χ1n) is 9.16. The van der Waals surface area contributed by atoms with Crippen LogP contribution in [0, 0.1) is 11.3 Å². The molecule has 2 N–H and O–H groups in total. The van der Waals surface area contributed by atoms with E-state index in [1.807, 2.05) is 26.8 Å². The fraction of sp³-hybridized carbons (Fsp3) is 0.167. The molecule has 5 nitrogen and oxygen atoms in total. The first kappa shape index (κ1) is 20.0. The number of nitriles is 1. The van der Waals surface area contributed by atoms with Crippen LogP contribution in [0.2, 0.25) is 0 Å². The zero-order chi connectivity index (χ0) is 21.0. The summed E-state index contributed by atoms with van der Waals surface area (Å²) in [5, 5.41) is 8.94. The van der Waals surface area contributed by atoms with Gasteiger partial charge in [-0.25, -0.2) is 4.79 Å². The van der Waals surface area contributed by atoms with Crippen LogP contribution in [-0.2, 0) is 4.74 Å². The van der Waals surface area contributed by atoms with Crippen LogP contribution >= 0.6 is 0 Å². The molecule has 3 rings (SSSR count). The van der Waals surface area contributed by atoms with Gasteiger partial charge in [0, 0.05) is 11.3 Å². The molecular formula is C24H22N2O3. The maximum absolute atomic E-state index is 12.4. The molecule has 0 fully saturated rings. The molecule has 0 saturated carbocycles. The molecule has 5 heteroatoms. The summed E-state index contributed by atoms with van der Waals surface area (Å²) in [6.07, 6.45) is 0. The van der Waals surface area contributed by atoms with E-state index >= 15 is 0 Å². The molecule has 3 aromatic rings. The fourth-order valence-corrected chi connectivity index (χ4v) is 2.74. The second-order valence-corrected chi connectivity index (χ2v) is 7.58. The van der Waals surface area contributed by atoms with Crippen molar-refractivity contribution in [3.63, 3.8) is 0 Å². The van der Waals surface area contributed by atoms with Gasteiger partial charge in [0.1, 0.15) is 17.1 Å². The lowest BCUT2D eigenvalue weighted by atomic mass is 10.0. The molecular weight excluding hydrogens is 364 g/mol. The van der Waals surface area contributed by atoms with E-state index in [1.54, 1.807) is 60.7 Å². The van der Waals surface area contributed by atoms with Gasteiger partial charge in [-0.2, -0.15) is 5.26 Å². The van der Waals surface area contributed by atoms with E-state index in [0.717, 1.165) is 11.1 Å². The first-order valence-corrected chi connectivity index (χ1v) is 9.16. The van der Waals surface area contributed by atoms with Crippen LogP contribution in [0.1, 0.15) is 36.7 Å². The van der Waals surface area contributed by atoms with Gasteiger partial charge in [0.25, 0.3) is 0 Å². The predicted molar refractivity (Wildman–Crippen MR) is 113 cm³/mol.